The smallest absolute Gasteiger partial charge is 0.302 e. The maximum Gasteiger partial charge on any atom is 0.302 e. The van der Waals surface area contributed by atoms with E-state index in [2.05, 4.69) is 47.5 Å². The summed E-state index contributed by atoms with van der Waals surface area (Å²) in [6, 6.07) is 0. The van der Waals surface area contributed by atoms with Gasteiger partial charge in [0.15, 0.2) is 5.65 Å². The second-order valence-corrected chi connectivity index (χ2v) is 4.00. The number of halogens is 1. The van der Waals surface area contributed by atoms with Crippen LogP contribution in [0, 0.1) is 3.70 Å². The van der Waals surface area contributed by atoms with Gasteiger partial charge in [-0.3, -0.25) is 9.89 Å². The van der Waals surface area contributed by atoms with Gasteiger partial charge in [-0.25, -0.2) is 9.97 Å². The van der Waals surface area contributed by atoms with Gasteiger partial charge in [0.25, 0.3) is 0 Å². The van der Waals surface area contributed by atoms with Crippen LogP contribution in [0.3, 0.4) is 0 Å². The Hall–Kier alpha value is -1.45. The predicted molar refractivity (Wildman–Crippen MR) is 71.1 cm³/mol. The third kappa shape index (κ3) is 3.80. The monoisotopic (exact) mass is 349 g/mol. The standard InChI is InChI=1S/C5H4IN5.C4H8O2/c6-3-2-4(7)8-1-9-5(2)11-10-3;1-3-6-4(2)5/h1H,(H3,7,8,9,10,11);3H2,1-2H3. The van der Waals surface area contributed by atoms with E-state index < -0.39 is 0 Å². The average Bonchev–Trinajstić information content (AvgIpc) is 2.62. The van der Waals surface area contributed by atoms with Crippen LogP contribution in [-0.2, 0) is 9.53 Å². The van der Waals surface area contributed by atoms with E-state index in [-0.39, 0.29) is 5.97 Å². The fraction of sp³-hybridized carbons (Fsp3) is 0.333. The minimum atomic E-state index is -0.211. The molecule has 0 saturated carbocycles. The number of fused-ring (bicyclic) bond motifs is 1. The van der Waals surface area contributed by atoms with Crippen LogP contribution in [0.1, 0.15) is 13.8 Å². The van der Waals surface area contributed by atoms with Crippen molar-refractivity contribution in [3.63, 3.8) is 0 Å². The molecule has 0 spiro atoms. The number of rotatable bonds is 1. The average molecular weight is 349 g/mol. The van der Waals surface area contributed by atoms with Crippen LogP contribution in [0.25, 0.3) is 11.0 Å². The molecule has 0 fully saturated rings. The normalized spacial score (nSPS) is 9.59. The fourth-order valence-corrected chi connectivity index (χ4v) is 1.68. The first kappa shape index (κ1) is 13.6. The molecule has 7 nitrogen and oxygen atoms in total. The molecule has 0 atom stereocenters. The van der Waals surface area contributed by atoms with Gasteiger partial charge >= 0.3 is 5.97 Å². The number of carbonyl (C=O) groups excluding carboxylic acids is 1. The van der Waals surface area contributed by atoms with Crippen molar-refractivity contribution in [3.8, 4) is 0 Å². The second kappa shape index (κ2) is 6.33. The summed E-state index contributed by atoms with van der Waals surface area (Å²) in [5.74, 6) is 0.255. The maximum absolute atomic E-state index is 9.82. The van der Waals surface area contributed by atoms with Crippen LogP contribution in [0.15, 0.2) is 6.33 Å². The van der Waals surface area contributed by atoms with Crippen molar-refractivity contribution < 1.29 is 9.53 Å². The van der Waals surface area contributed by atoms with E-state index in [0.717, 1.165) is 9.09 Å². The summed E-state index contributed by atoms with van der Waals surface area (Å²) in [4.78, 5) is 17.6. The van der Waals surface area contributed by atoms with Crippen molar-refractivity contribution >= 4 is 45.4 Å². The summed E-state index contributed by atoms with van der Waals surface area (Å²) in [6.45, 7) is 3.65. The molecule has 8 heteroatoms. The van der Waals surface area contributed by atoms with Crippen LogP contribution >= 0.6 is 22.6 Å². The molecule has 0 radical (unpaired) electrons. The highest BCUT2D eigenvalue weighted by atomic mass is 127. The van der Waals surface area contributed by atoms with Gasteiger partial charge in [0.2, 0.25) is 0 Å². The summed E-state index contributed by atoms with van der Waals surface area (Å²) >= 11 is 2.10. The first-order valence-electron chi connectivity index (χ1n) is 4.79. The van der Waals surface area contributed by atoms with Crippen molar-refractivity contribution in [2.45, 2.75) is 13.8 Å². The van der Waals surface area contributed by atoms with E-state index in [9.17, 15) is 4.79 Å². The first-order chi connectivity index (χ1) is 8.06. The molecule has 0 saturated heterocycles. The summed E-state index contributed by atoms with van der Waals surface area (Å²) in [5.41, 5.74) is 6.20. The summed E-state index contributed by atoms with van der Waals surface area (Å²) in [6.07, 6.45) is 1.40. The van der Waals surface area contributed by atoms with Crippen LogP contribution in [0.4, 0.5) is 5.82 Å². The first-order valence-corrected chi connectivity index (χ1v) is 5.87. The van der Waals surface area contributed by atoms with Gasteiger partial charge in [-0.2, -0.15) is 5.10 Å². The number of esters is 1. The third-order valence-corrected chi connectivity index (χ3v) is 2.46. The van der Waals surface area contributed by atoms with Crippen molar-refractivity contribution in [2.75, 3.05) is 12.3 Å². The SMILES string of the molecule is CCOC(C)=O.Nc1ncnc2n[nH]c(I)c12. The van der Waals surface area contributed by atoms with Crippen LogP contribution in [-0.4, -0.2) is 32.7 Å². The molecule has 2 rings (SSSR count). The number of hydrogen-bond donors (Lipinski definition) is 2. The van der Waals surface area contributed by atoms with E-state index in [1.165, 1.54) is 13.3 Å². The minimum absolute atomic E-state index is 0.211. The molecule has 0 aliphatic carbocycles. The minimum Gasteiger partial charge on any atom is -0.466 e. The number of carbonyl (C=O) groups is 1. The molecule has 0 aliphatic heterocycles. The van der Waals surface area contributed by atoms with Crippen LogP contribution in [0.5, 0.6) is 0 Å². The number of ether oxygens (including phenoxy) is 1. The molecule has 0 unspecified atom stereocenters. The summed E-state index contributed by atoms with van der Waals surface area (Å²) < 4.78 is 5.27. The number of H-pyrrole nitrogens is 1. The Morgan fingerprint density at radius 1 is 1.59 bits per heavy atom. The highest BCUT2D eigenvalue weighted by Crippen LogP contribution is 2.19. The van der Waals surface area contributed by atoms with Gasteiger partial charge < -0.3 is 10.5 Å². The van der Waals surface area contributed by atoms with E-state index in [4.69, 9.17) is 5.73 Å². The number of hydrogen-bond acceptors (Lipinski definition) is 6. The highest BCUT2D eigenvalue weighted by Gasteiger charge is 2.06. The van der Waals surface area contributed by atoms with Crippen molar-refractivity contribution in [3.05, 3.63) is 10.0 Å². The molecule has 2 aromatic heterocycles. The number of nitrogens with one attached hydrogen (secondary N) is 1. The molecule has 0 bridgehead atoms. The largest absolute Gasteiger partial charge is 0.466 e. The van der Waals surface area contributed by atoms with Crippen LogP contribution in [0.2, 0.25) is 0 Å². The Labute approximate surface area is 111 Å². The lowest BCUT2D eigenvalue weighted by Crippen LogP contribution is -1.95. The predicted octanol–water partition coefficient (Wildman–Crippen LogP) is 1.11. The van der Waals surface area contributed by atoms with Crippen molar-refractivity contribution in [1.29, 1.82) is 0 Å². The summed E-state index contributed by atoms with van der Waals surface area (Å²) in [7, 11) is 0. The quantitative estimate of drug-likeness (QED) is 0.590. The fourth-order valence-electron chi connectivity index (χ4n) is 1.05. The number of aromatic amines is 1. The molecular weight excluding hydrogens is 337 g/mol. The van der Waals surface area contributed by atoms with Crippen molar-refractivity contribution in [1.82, 2.24) is 20.2 Å². The van der Waals surface area contributed by atoms with Crippen LogP contribution < -0.4 is 5.73 Å². The van der Waals surface area contributed by atoms with Gasteiger partial charge in [-0.1, -0.05) is 0 Å². The molecule has 0 aromatic carbocycles. The lowest BCUT2D eigenvalue weighted by Gasteiger charge is -1.90. The lowest BCUT2D eigenvalue weighted by molar-refractivity contribution is -0.140. The van der Waals surface area contributed by atoms with Gasteiger partial charge in [0.05, 0.1) is 12.0 Å². The Kier molecular flexibility index (Phi) is 5.07. The lowest BCUT2D eigenvalue weighted by atomic mass is 10.4. The van der Waals surface area contributed by atoms with Gasteiger partial charge in [0, 0.05) is 6.92 Å². The number of anilines is 1. The molecule has 2 heterocycles. The second-order valence-electron chi connectivity index (χ2n) is 2.92. The number of nitrogens with two attached hydrogens (primary N) is 1. The molecular formula is C9H12IN5O2. The topological polar surface area (TPSA) is 107 Å². The Morgan fingerprint density at radius 2 is 2.29 bits per heavy atom. The van der Waals surface area contributed by atoms with E-state index in [1.807, 2.05) is 0 Å². The van der Waals surface area contributed by atoms with Crippen molar-refractivity contribution in [2.24, 2.45) is 0 Å². The number of nitrogen functional groups attached to an aromatic ring is 1. The number of aromatic nitrogens is 4. The molecule has 2 aromatic rings. The molecule has 0 aliphatic rings. The molecule has 0 amide bonds. The van der Waals surface area contributed by atoms with Gasteiger partial charge in [-0.15, -0.1) is 0 Å². The van der Waals surface area contributed by atoms with Gasteiger partial charge in [0.1, 0.15) is 15.8 Å². The molecule has 3 N–H and O–H groups in total. The Bertz CT molecular complexity index is 513. The molecule has 17 heavy (non-hydrogen) atoms. The third-order valence-electron chi connectivity index (χ3n) is 1.68. The Balaban J connectivity index is 0.000000209. The maximum atomic E-state index is 9.82. The zero-order valence-corrected chi connectivity index (χ0v) is 11.6. The summed E-state index contributed by atoms with van der Waals surface area (Å²) in [5, 5.41) is 7.49. The number of nitrogens with zero attached hydrogens (tertiary/aromatic N) is 3. The van der Waals surface area contributed by atoms with Gasteiger partial charge in [-0.05, 0) is 29.5 Å². The highest BCUT2D eigenvalue weighted by molar-refractivity contribution is 14.1. The Morgan fingerprint density at radius 3 is 2.76 bits per heavy atom. The molecule has 92 valence electrons. The van der Waals surface area contributed by atoms with E-state index in [1.54, 1.807) is 6.92 Å². The van der Waals surface area contributed by atoms with E-state index in [0.29, 0.717) is 18.1 Å². The zero-order chi connectivity index (χ0) is 12.8. The zero-order valence-electron chi connectivity index (χ0n) is 9.40. The van der Waals surface area contributed by atoms with E-state index >= 15 is 0 Å².